The number of likely N-dealkylation sites (tertiary alicyclic amines) is 1. The van der Waals surface area contributed by atoms with Crippen molar-refractivity contribution in [2.75, 3.05) is 19.7 Å². The second-order valence-corrected chi connectivity index (χ2v) is 7.69. The molecule has 2 aliphatic rings. The van der Waals surface area contributed by atoms with Crippen LogP contribution in [-0.4, -0.2) is 57.2 Å². The number of hydrogen-bond acceptors (Lipinski definition) is 5. The van der Waals surface area contributed by atoms with E-state index in [1.165, 1.54) is 0 Å². The molecule has 1 atom stereocenters. The quantitative estimate of drug-likeness (QED) is 0.758. The number of benzene rings is 1. The van der Waals surface area contributed by atoms with Gasteiger partial charge in [-0.25, -0.2) is 4.98 Å². The number of nitrogens with zero attached hydrogens (tertiary/aromatic N) is 3. The van der Waals surface area contributed by atoms with Gasteiger partial charge in [0.15, 0.2) is 0 Å². The lowest BCUT2D eigenvalue weighted by Crippen LogP contribution is -2.67. The van der Waals surface area contributed by atoms with E-state index in [1.807, 2.05) is 42.2 Å². The normalized spacial score (nSPS) is 20.9. The van der Waals surface area contributed by atoms with Gasteiger partial charge in [0.25, 0.3) is 5.91 Å². The minimum atomic E-state index is -0.318. The molecule has 1 aromatic carbocycles. The molecule has 2 saturated heterocycles. The third-order valence-electron chi connectivity index (χ3n) is 5.47. The number of H-pyrrole nitrogens is 1. The van der Waals surface area contributed by atoms with Gasteiger partial charge in [0.05, 0.1) is 31.6 Å². The van der Waals surface area contributed by atoms with Gasteiger partial charge in [0.2, 0.25) is 5.88 Å². The number of aromatic amines is 1. The van der Waals surface area contributed by atoms with Crippen molar-refractivity contribution in [3.8, 4) is 5.88 Å². The van der Waals surface area contributed by atoms with Gasteiger partial charge in [0.1, 0.15) is 17.4 Å². The van der Waals surface area contributed by atoms with Crippen LogP contribution >= 0.6 is 0 Å². The lowest BCUT2D eigenvalue weighted by atomic mass is 9.84. The Kier molecular flexibility index (Phi) is 4.05. The van der Waals surface area contributed by atoms with E-state index in [-0.39, 0.29) is 17.6 Å². The number of amides is 1. The van der Waals surface area contributed by atoms with Gasteiger partial charge in [0, 0.05) is 29.9 Å². The zero-order valence-corrected chi connectivity index (χ0v) is 15.7. The third-order valence-corrected chi connectivity index (χ3v) is 5.47. The van der Waals surface area contributed by atoms with Gasteiger partial charge in [-0.2, -0.15) is 0 Å². The average Bonchev–Trinajstić information content (AvgIpc) is 3.10. The molecule has 144 valence electrons. The van der Waals surface area contributed by atoms with Crippen molar-refractivity contribution in [3.05, 3.63) is 54.1 Å². The summed E-state index contributed by atoms with van der Waals surface area (Å²) in [6.07, 6.45) is 4.93. The molecule has 1 unspecified atom stereocenters. The van der Waals surface area contributed by atoms with Crippen LogP contribution in [0.1, 0.15) is 29.0 Å². The summed E-state index contributed by atoms with van der Waals surface area (Å²) in [7, 11) is 0. The molecule has 1 N–H and O–H groups in total. The number of rotatable bonds is 3. The highest BCUT2D eigenvalue weighted by Crippen LogP contribution is 2.36. The summed E-state index contributed by atoms with van der Waals surface area (Å²) in [5, 5.41) is 1.04. The van der Waals surface area contributed by atoms with Crippen LogP contribution in [0.15, 0.2) is 42.7 Å². The fraction of sp³-hybridized carbons (Fsp3) is 0.381. The first-order valence-corrected chi connectivity index (χ1v) is 9.57. The van der Waals surface area contributed by atoms with E-state index < -0.39 is 0 Å². The highest BCUT2D eigenvalue weighted by molar-refractivity contribution is 5.98. The lowest BCUT2D eigenvalue weighted by Gasteiger charge is -2.52. The lowest BCUT2D eigenvalue weighted by molar-refractivity contribution is -0.174. The largest absolute Gasteiger partial charge is 0.473 e. The fourth-order valence-corrected chi connectivity index (χ4v) is 4.12. The van der Waals surface area contributed by atoms with Crippen LogP contribution in [0, 0.1) is 6.92 Å². The number of carbonyl (C=O) groups is 1. The Morgan fingerprint density at radius 1 is 1.32 bits per heavy atom. The predicted molar refractivity (Wildman–Crippen MR) is 103 cm³/mol. The third kappa shape index (κ3) is 3.11. The maximum atomic E-state index is 12.8. The van der Waals surface area contributed by atoms with Crippen LogP contribution in [0.3, 0.4) is 0 Å². The van der Waals surface area contributed by atoms with Crippen molar-refractivity contribution < 1.29 is 14.3 Å². The zero-order valence-electron chi connectivity index (χ0n) is 15.7. The molecule has 0 saturated carbocycles. The molecule has 4 heterocycles. The number of hydrogen-bond donors (Lipinski definition) is 1. The van der Waals surface area contributed by atoms with E-state index in [0.29, 0.717) is 31.3 Å². The Bertz CT molecular complexity index is 992. The van der Waals surface area contributed by atoms with Crippen molar-refractivity contribution in [2.24, 2.45) is 0 Å². The van der Waals surface area contributed by atoms with Crippen molar-refractivity contribution in [1.82, 2.24) is 19.9 Å². The summed E-state index contributed by atoms with van der Waals surface area (Å²) in [4.78, 5) is 26.4. The molecule has 28 heavy (non-hydrogen) atoms. The molecule has 0 aliphatic carbocycles. The topological polar surface area (TPSA) is 80.3 Å². The number of carbonyl (C=O) groups excluding carboxylic acids is 1. The molecule has 3 aromatic rings. The van der Waals surface area contributed by atoms with Crippen LogP contribution in [0.4, 0.5) is 0 Å². The highest BCUT2D eigenvalue weighted by Gasteiger charge is 2.50. The number of fused-ring (bicyclic) bond motifs is 1. The summed E-state index contributed by atoms with van der Waals surface area (Å²) >= 11 is 0. The van der Waals surface area contributed by atoms with Crippen molar-refractivity contribution >= 4 is 16.8 Å². The Morgan fingerprint density at radius 3 is 3.00 bits per heavy atom. The van der Waals surface area contributed by atoms with Crippen LogP contribution in [0.2, 0.25) is 0 Å². The number of aromatic nitrogens is 3. The average molecular weight is 378 g/mol. The predicted octanol–water partition coefficient (Wildman–Crippen LogP) is 2.72. The monoisotopic (exact) mass is 378 g/mol. The van der Waals surface area contributed by atoms with E-state index in [4.69, 9.17) is 9.47 Å². The van der Waals surface area contributed by atoms with Gasteiger partial charge >= 0.3 is 0 Å². The summed E-state index contributed by atoms with van der Waals surface area (Å²) in [6.45, 7) is 3.68. The smallest absolute Gasteiger partial charge is 0.270 e. The molecular weight excluding hydrogens is 356 g/mol. The van der Waals surface area contributed by atoms with Crippen molar-refractivity contribution in [1.29, 1.82) is 0 Å². The molecule has 1 amide bonds. The molecule has 2 fully saturated rings. The minimum Gasteiger partial charge on any atom is -0.473 e. The molecule has 7 nitrogen and oxygen atoms in total. The van der Waals surface area contributed by atoms with E-state index in [0.717, 1.165) is 29.4 Å². The Hall–Kier alpha value is -2.93. The van der Waals surface area contributed by atoms with E-state index in [9.17, 15) is 4.79 Å². The van der Waals surface area contributed by atoms with Crippen molar-refractivity contribution in [3.63, 3.8) is 0 Å². The molecule has 1 spiro atoms. The molecule has 2 aromatic heterocycles. The van der Waals surface area contributed by atoms with Gasteiger partial charge in [-0.05, 0) is 19.1 Å². The first-order chi connectivity index (χ1) is 13.6. The molecule has 5 rings (SSSR count). The van der Waals surface area contributed by atoms with Crippen LogP contribution < -0.4 is 4.74 Å². The number of aryl methyl sites for hydroxylation is 1. The van der Waals surface area contributed by atoms with E-state index >= 15 is 0 Å². The highest BCUT2D eigenvalue weighted by atomic mass is 16.5. The molecule has 0 bridgehead atoms. The number of ether oxygens (including phenoxy) is 2. The Labute approximate surface area is 162 Å². The molecular formula is C21H22N4O3. The summed E-state index contributed by atoms with van der Waals surface area (Å²) in [6, 6.07) is 9.81. The second-order valence-electron chi connectivity index (χ2n) is 7.69. The summed E-state index contributed by atoms with van der Waals surface area (Å²) in [5.74, 6) is 0.561. The fourth-order valence-electron chi connectivity index (χ4n) is 4.12. The van der Waals surface area contributed by atoms with E-state index in [1.54, 1.807) is 12.4 Å². The standard InChI is InChI=1S/C21H22N4O3/c1-14-10-22-11-19(23-14)28-16-6-7-27-21(9-16)12-25(13-21)20(26)18-8-15-4-2-3-5-17(15)24-18/h2-5,8,10-11,16,24H,6-7,9,12-13H2,1H3. The van der Waals surface area contributed by atoms with Crippen LogP contribution in [-0.2, 0) is 4.74 Å². The maximum Gasteiger partial charge on any atom is 0.270 e. The van der Waals surface area contributed by atoms with E-state index in [2.05, 4.69) is 15.0 Å². The van der Waals surface area contributed by atoms with Gasteiger partial charge in [-0.3, -0.25) is 9.78 Å². The van der Waals surface area contributed by atoms with Crippen molar-refractivity contribution in [2.45, 2.75) is 31.5 Å². The molecule has 7 heteroatoms. The zero-order chi connectivity index (χ0) is 19.1. The van der Waals surface area contributed by atoms with Crippen LogP contribution in [0.25, 0.3) is 10.9 Å². The maximum absolute atomic E-state index is 12.8. The van der Waals surface area contributed by atoms with Crippen LogP contribution in [0.5, 0.6) is 5.88 Å². The Morgan fingerprint density at radius 2 is 2.18 bits per heavy atom. The number of nitrogens with one attached hydrogen (secondary N) is 1. The van der Waals surface area contributed by atoms with Gasteiger partial charge < -0.3 is 19.4 Å². The summed E-state index contributed by atoms with van der Waals surface area (Å²) in [5.41, 5.74) is 2.11. The minimum absolute atomic E-state index is 0.0121. The first-order valence-electron chi connectivity index (χ1n) is 9.57. The number of para-hydroxylation sites is 1. The molecule has 2 aliphatic heterocycles. The van der Waals surface area contributed by atoms with Gasteiger partial charge in [-0.15, -0.1) is 0 Å². The van der Waals surface area contributed by atoms with Gasteiger partial charge in [-0.1, -0.05) is 18.2 Å². The first kappa shape index (κ1) is 17.2. The molecule has 0 radical (unpaired) electrons. The Balaban J connectivity index is 1.24. The SMILES string of the molecule is Cc1cncc(OC2CCOC3(C2)CN(C(=O)c2cc4ccccc4[nH]2)C3)n1. The second kappa shape index (κ2) is 6.60. The summed E-state index contributed by atoms with van der Waals surface area (Å²) < 4.78 is 12.1.